The molecule has 1 aromatic heterocycles. The minimum Gasteiger partial charge on any atom is -0.542 e. The third kappa shape index (κ3) is 13.9. The number of hydrogen-bond donors (Lipinski definition) is 5. The summed E-state index contributed by atoms with van der Waals surface area (Å²) < 4.78 is 44.4. The number of rotatable bonds is 16. The van der Waals surface area contributed by atoms with Gasteiger partial charge in [-0.15, -0.1) is 0 Å². The number of aromatic amines is 1. The second kappa shape index (κ2) is 20.7. The second-order valence-corrected chi connectivity index (χ2v) is 14.4. The van der Waals surface area contributed by atoms with Crippen LogP contribution in [0.1, 0.15) is 63.0 Å². The summed E-state index contributed by atoms with van der Waals surface area (Å²) in [5.74, 6) is -2.30. The first-order valence-corrected chi connectivity index (χ1v) is 18.8. The number of nitrogens with zero attached hydrogens (tertiary/aromatic N) is 1. The van der Waals surface area contributed by atoms with Gasteiger partial charge in [0, 0.05) is 42.5 Å². The van der Waals surface area contributed by atoms with Crippen LogP contribution >= 0.6 is 0 Å². The lowest BCUT2D eigenvalue weighted by atomic mass is 10.0. The number of nitrogens with one attached hydrogen (secondary N) is 3. The first-order chi connectivity index (χ1) is 26.6. The zero-order chi connectivity index (χ0) is 40.7. The number of H-pyrrole nitrogens is 1. The van der Waals surface area contributed by atoms with Crippen LogP contribution in [0, 0.1) is 0 Å². The molecule has 1 aliphatic heterocycles. The van der Waals surface area contributed by atoms with Crippen LogP contribution in [0.4, 0.5) is 23.7 Å². The van der Waals surface area contributed by atoms with Crippen molar-refractivity contribution < 1.29 is 52.0 Å². The molecule has 3 aromatic carbocycles. The van der Waals surface area contributed by atoms with Gasteiger partial charge >= 0.3 is 12.3 Å². The van der Waals surface area contributed by atoms with E-state index in [9.17, 15) is 33.0 Å². The molecule has 1 amide bonds. The molecule has 0 unspecified atom stereocenters. The lowest BCUT2D eigenvalue weighted by Crippen LogP contribution is -2.48. The van der Waals surface area contributed by atoms with E-state index in [1.807, 2.05) is 48.5 Å². The number of likely N-dealkylation sites (tertiary alicyclic amines) is 1. The van der Waals surface area contributed by atoms with Gasteiger partial charge in [-0.05, 0) is 54.8 Å². The number of quaternary nitrogens is 1. The Morgan fingerprint density at radius 3 is 2.29 bits per heavy atom. The number of carboxylic acids is 1. The van der Waals surface area contributed by atoms with Gasteiger partial charge < -0.3 is 44.4 Å². The Bertz CT molecular complexity index is 1930. The van der Waals surface area contributed by atoms with E-state index in [-0.39, 0.29) is 17.4 Å². The highest BCUT2D eigenvalue weighted by Gasteiger charge is 2.29. The van der Waals surface area contributed by atoms with E-state index in [4.69, 9.17) is 19.4 Å². The van der Waals surface area contributed by atoms with E-state index in [0.29, 0.717) is 41.1 Å². The van der Waals surface area contributed by atoms with Crippen LogP contribution in [0.3, 0.4) is 0 Å². The molecule has 56 heavy (non-hydrogen) atoms. The molecular weight excluding hydrogens is 733 g/mol. The minimum absolute atomic E-state index is 0.0143. The Morgan fingerprint density at radius 2 is 1.61 bits per heavy atom. The van der Waals surface area contributed by atoms with Gasteiger partial charge in [-0.2, -0.15) is 13.2 Å². The fraction of sp³-hybridized carbons (Fsp3) is 0.439. The zero-order valence-electron chi connectivity index (χ0n) is 31.7. The number of aromatic hydroxyl groups is 1. The molecule has 0 aliphatic carbocycles. The molecule has 0 saturated carbocycles. The average molecular weight is 785 g/mol. The van der Waals surface area contributed by atoms with Crippen molar-refractivity contribution in [1.29, 1.82) is 0 Å². The SMILES string of the molecule is C[N+]1(C)CCC(OC(=O)Nc2cc(OCCCCCCCCNC[C@H](O)c3ccc(O)c4[nH]c(=O)ccc34)ccc2-c2ccccc2)CC1.O=C([O-])C(F)(F)F. The molecule has 15 heteroatoms. The molecule has 4 aromatic rings. The number of pyridine rings is 1. The van der Waals surface area contributed by atoms with Crippen molar-refractivity contribution >= 4 is 28.7 Å². The standard InChI is InChI=1S/C39H50N4O6.C2HF3O2/c1-43(2)23-20-29(21-24-43)49-39(47)41-34-26-30(14-15-31(34)28-12-8-7-9-13-28)48-25-11-6-4-3-5-10-22-40-27-36(45)32-16-18-35(44)38-33(32)17-19-37(46)42-38;3-2(4,5)1(6)7/h7-9,12-19,26,29,36,40,45H,3-6,10-11,20-25,27H2,1-2H3,(H2-,41,42,44,46,47);(H,6,7)/t36-;/m0./s1. The van der Waals surface area contributed by atoms with Crippen LogP contribution in [-0.2, 0) is 9.53 Å². The third-order valence-corrected chi connectivity index (χ3v) is 9.55. The number of carboxylic acid groups (broad SMARTS) is 1. The number of aliphatic carboxylic acids is 1. The summed E-state index contributed by atoms with van der Waals surface area (Å²) in [5.41, 5.74) is 3.31. The van der Waals surface area contributed by atoms with E-state index < -0.39 is 24.3 Å². The van der Waals surface area contributed by atoms with Gasteiger partial charge in [-0.1, -0.05) is 62.1 Å². The number of unbranched alkanes of at least 4 members (excludes halogenated alkanes) is 5. The van der Waals surface area contributed by atoms with Crippen molar-refractivity contribution in [2.75, 3.05) is 52.2 Å². The first-order valence-electron chi connectivity index (χ1n) is 18.8. The topological polar surface area (TPSA) is 173 Å². The number of aromatic nitrogens is 1. The summed E-state index contributed by atoms with van der Waals surface area (Å²) in [6.45, 7) is 3.77. The first kappa shape index (κ1) is 43.6. The maximum absolute atomic E-state index is 12.9. The highest BCUT2D eigenvalue weighted by molar-refractivity contribution is 5.92. The minimum atomic E-state index is -5.19. The van der Waals surface area contributed by atoms with E-state index >= 15 is 0 Å². The van der Waals surface area contributed by atoms with Gasteiger partial charge in [0.15, 0.2) is 0 Å². The summed E-state index contributed by atoms with van der Waals surface area (Å²) in [5, 5.41) is 36.5. The quantitative estimate of drug-likeness (QED) is 0.0672. The summed E-state index contributed by atoms with van der Waals surface area (Å²) in [4.78, 5) is 36.0. The molecule has 0 bridgehead atoms. The maximum Gasteiger partial charge on any atom is 0.430 e. The number of aliphatic hydroxyl groups is 1. The van der Waals surface area contributed by atoms with E-state index in [1.165, 1.54) is 12.1 Å². The number of phenolic OH excluding ortho intramolecular Hbond substituents is 1. The number of piperidine rings is 1. The predicted octanol–water partition coefficient (Wildman–Crippen LogP) is 6.03. The highest BCUT2D eigenvalue weighted by Crippen LogP contribution is 2.32. The van der Waals surface area contributed by atoms with Crippen LogP contribution in [0.2, 0.25) is 0 Å². The number of aliphatic hydroxyl groups excluding tert-OH is 1. The van der Waals surface area contributed by atoms with Gasteiger partial charge in [0.05, 0.1) is 51.1 Å². The number of carbonyl (C=O) groups excluding carboxylic acids is 2. The highest BCUT2D eigenvalue weighted by atomic mass is 19.4. The molecule has 304 valence electrons. The Labute approximate surface area is 323 Å². The summed E-state index contributed by atoms with van der Waals surface area (Å²) in [6.07, 6.45) is 1.64. The van der Waals surface area contributed by atoms with Crippen LogP contribution in [0.15, 0.2) is 77.6 Å². The molecule has 1 fully saturated rings. The van der Waals surface area contributed by atoms with E-state index in [0.717, 1.165) is 86.6 Å². The van der Waals surface area contributed by atoms with Crippen LogP contribution in [-0.4, -0.2) is 90.9 Å². The van der Waals surface area contributed by atoms with E-state index in [1.54, 1.807) is 12.1 Å². The molecular formula is C41H51F3N4O8. The summed E-state index contributed by atoms with van der Waals surface area (Å²) in [6, 6.07) is 22.0. The summed E-state index contributed by atoms with van der Waals surface area (Å²) >= 11 is 0. The third-order valence-electron chi connectivity index (χ3n) is 9.55. The number of hydrogen-bond acceptors (Lipinski definition) is 9. The zero-order valence-corrected chi connectivity index (χ0v) is 31.7. The normalized spacial score (nSPS) is 14.7. The maximum atomic E-state index is 12.9. The summed E-state index contributed by atoms with van der Waals surface area (Å²) in [7, 11) is 4.42. The number of alkyl halides is 3. The van der Waals surface area contributed by atoms with Gasteiger partial charge in [-0.25, -0.2) is 4.79 Å². The molecule has 1 atom stereocenters. The van der Waals surface area contributed by atoms with Crippen molar-refractivity contribution in [2.45, 2.75) is 69.8 Å². The monoisotopic (exact) mass is 784 g/mol. The molecule has 2 heterocycles. The number of ether oxygens (including phenoxy) is 2. The van der Waals surface area contributed by atoms with Crippen LogP contribution in [0.25, 0.3) is 22.0 Å². The van der Waals surface area contributed by atoms with Crippen molar-refractivity contribution in [2.24, 2.45) is 0 Å². The fourth-order valence-electron chi connectivity index (χ4n) is 6.39. The predicted molar refractivity (Wildman–Crippen MR) is 205 cm³/mol. The average Bonchev–Trinajstić information content (AvgIpc) is 3.15. The molecule has 0 spiro atoms. The number of benzene rings is 3. The van der Waals surface area contributed by atoms with E-state index in [2.05, 4.69) is 29.7 Å². The Kier molecular flexibility index (Phi) is 16.1. The molecule has 1 aliphatic rings. The number of phenols is 1. The van der Waals surface area contributed by atoms with Gasteiger partial charge in [0.25, 0.3) is 0 Å². The Hall–Kier alpha value is -5.12. The Balaban J connectivity index is 0.000000908. The van der Waals surface area contributed by atoms with Crippen molar-refractivity contribution in [1.82, 2.24) is 10.3 Å². The number of halogens is 3. The smallest absolute Gasteiger partial charge is 0.430 e. The van der Waals surface area contributed by atoms with Crippen LogP contribution < -0.4 is 26.0 Å². The lowest BCUT2D eigenvalue weighted by Gasteiger charge is -2.36. The second-order valence-electron chi connectivity index (χ2n) is 14.4. The Morgan fingerprint density at radius 1 is 0.946 bits per heavy atom. The molecule has 5 rings (SSSR count). The van der Waals surface area contributed by atoms with Crippen molar-refractivity contribution in [3.8, 4) is 22.6 Å². The largest absolute Gasteiger partial charge is 0.542 e. The number of amides is 1. The molecule has 1 saturated heterocycles. The fourth-order valence-corrected chi connectivity index (χ4v) is 6.39. The van der Waals surface area contributed by atoms with Gasteiger partial charge in [-0.3, -0.25) is 10.1 Å². The number of carbonyl (C=O) groups is 2. The lowest BCUT2D eigenvalue weighted by molar-refractivity contribution is -0.896. The van der Waals surface area contributed by atoms with Crippen molar-refractivity contribution in [3.63, 3.8) is 0 Å². The van der Waals surface area contributed by atoms with Crippen molar-refractivity contribution in [3.05, 3.63) is 88.7 Å². The number of anilines is 1. The van der Waals surface area contributed by atoms with Crippen LogP contribution in [0.5, 0.6) is 11.5 Å². The molecule has 5 N–H and O–H groups in total. The molecule has 0 radical (unpaired) electrons. The molecule has 12 nitrogen and oxygen atoms in total. The van der Waals surface area contributed by atoms with Gasteiger partial charge in [0.1, 0.15) is 23.6 Å². The van der Waals surface area contributed by atoms with Gasteiger partial charge in [0.2, 0.25) is 5.56 Å². The number of fused-ring (bicyclic) bond motifs is 1.